The minimum atomic E-state index is -3.95. The Morgan fingerprint density at radius 1 is 1.14 bits per heavy atom. The molecule has 1 fully saturated rings. The topological polar surface area (TPSA) is 73.8 Å². The summed E-state index contributed by atoms with van der Waals surface area (Å²) in [6.45, 7) is 11.2. The van der Waals surface area contributed by atoms with Crippen LogP contribution in [-0.2, 0) is 14.8 Å². The zero-order valence-corrected chi connectivity index (χ0v) is 22.8. The molecule has 1 saturated heterocycles. The van der Waals surface area contributed by atoms with Gasteiger partial charge in [0.1, 0.15) is 11.9 Å². The summed E-state index contributed by atoms with van der Waals surface area (Å²) in [5.41, 5.74) is 3.05. The first kappa shape index (κ1) is 26.7. The molecule has 3 aromatic rings. The van der Waals surface area contributed by atoms with Crippen LogP contribution in [0.15, 0.2) is 41.3 Å². The fourth-order valence-corrected chi connectivity index (χ4v) is 7.46. The number of hydrogen-bond donors (Lipinski definition) is 0. The summed E-state index contributed by atoms with van der Waals surface area (Å²) in [4.78, 5) is 22.7. The van der Waals surface area contributed by atoms with Gasteiger partial charge < -0.3 is 4.90 Å². The summed E-state index contributed by atoms with van der Waals surface area (Å²) in [5.74, 6) is -0.772. The van der Waals surface area contributed by atoms with Crippen LogP contribution in [0.3, 0.4) is 0 Å². The van der Waals surface area contributed by atoms with Gasteiger partial charge in [-0.05, 0) is 81.2 Å². The van der Waals surface area contributed by atoms with Gasteiger partial charge in [-0.15, -0.1) is 0 Å². The monoisotopic (exact) mass is 532 g/mol. The van der Waals surface area contributed by atoms with Gasteiger partial charge in [0.2, 0.25) is 15.9 Å². The number of carbonyl (C=O) groups is 1. The van der Waals surface area contributed by atoms with E-state index in [1.165, 1.54) is 27.8 Å². The van der Waals surface area contributed by atoms with Crippen LogP contribution in [-0.4, -0.2) is 67.3 Å². The molecule has 1 aromatic heterocycles. The fourth-order valence-electron chi connectivity index (χ4n) is 4.76. The summed E-state index contributed by atoms with van der Waals surface area (Å²) in [6.07, 6.45) is 1.02. The molecule has 1 atom stereocenters. The smallest absolute Gasteiger partial charge is 0.247 e. The average molecular weight is 533 g/mol. The maximum atomic E-state index is 14.0. The summed E-state index contributed by atoms with van der Waals surface area (Å²) >= 11 is 1.47. The van der Waals surface area contributed by atoms with Gasteiger partial charge >= 0.3 is 0 Å². The van der Waals surface area contributed by atoms with E-state index in [1.54, 1.807) is 4.90 Å². The van der Waals surface area contributed by atoms with Crippen molar-refractivity contribution in [1.82, 2.24) is 14.2 Å². The summed E-state index contributed by atoms with van der Waals surface area (Å²) in [6, 6.07) is 8.04. The van der Waals surface area contributed by atoms with Crippen molar-refractivity contribution in [2.45, 2.75) is 51.5 Å². The molecular formula is C26H33FN4O3S2. The minimum absolute atomic E-state index is 0.00984. The van der Waals surface area contributed by atoms with Crippen molar-refractivity contribution in [3.8, 4) is 0 Å². The molecule has 1 aliphatic heterocycles. The molecule has 0 aliphatic carbocycles. The Labute approximate surface area is 216 Å². The van der Waals surface area contributed by atoms with Crippen molar-refractivity contribution in [1.29, 1.82) is 0 Å². The van der Waals surface area contributed by atoms with E-state index in [1.807, 2.05) is 19.9 Å². The molecule has 0 bridgehead atoms. The minimum Gasteiger partial charge on any atom is -0.302 e. The number of sulfonamides is 1. The highest BCUT2D eigenvalue weighted by molar-refractivity contribution is 7.89. The highest BCUT2D eigenvalue weighted by atomic mass is 32.2. The van der Waals surface area contributed by atoms with E-state index in [9.17, 15) is 17.6 Å². The zero-order chi connectivity index (χ0) is 26.0. The van der Waals surface area contributed by atoms with Crippen molar-refractivity contribution in [3.63, 3.8) is 0 Å². The summed E-state index contributed by atoms with van der Waals surface area (Å²) in [7, 11) is -3.95. The molecule has 194 valence electrons. The number of likely N-dealkylation sites (N-methyl/N-ethyl adjacent to an activating group) is 1. The van der Waals surface area contributed by atoms with Crippen LogP contribution >= 0.6 is 11.3 Å². The lowest BCUT2D eigenvalue weighted by Gasteiger charge is -2.30. The number of benzene rings is 2. The van der Waals surface area contributed by atoms with E-state index >= 15 is 0 Å². The van der Waals surface area contributed by atoms with Gasteiger partial charge in [-0.25, -0.2) is 17.8 Å². The molecule has 4 rings (SSSR count). The Kier molecular flexibility index (Phi) is 8.09. The highest BCUT2D eigenvalue weighted by Crippen LogP contribution is 2.34. The third kappa shape index (κ3) is 5.32. The predicted octanol–water partition coefficient (Wildman–Crippen LogP) is 4.58. The molecule has 10 heteroatoms. The van der Waals surface area contributed by atoms with Gasteiger partial charge in [-0.1, -0.05) is 31.3 Å². The van der Waals surface area contributed by atoms with Crippen LogP contribution < -0.4 is 4.90 Å². The van der Waals surface area contributed by atoms with Gasteiger partial charge in [-0.3, -0.25) is 9.69 Å². The normalized spacial score (nSPS) is 16.8. The van der Waals surface area contributed by atoms with Crippen molar-refractivity contribution in [3.05, 3.63) is 53.3 Å². The number of amides is 1. The van der Waals surface area contributed by atoms with Gasteiger partial charge in [0, 0.05) is 19.6 Å². The van der Waals surface area contributed by atoms with Crippen LogP contribution in [0.2, 0.25) is 0 Å². The number of carbonyl (C=O) groups excluding carboxylic acids is 1. The van der Waals surface area contributed by atoms with Crippen LogP contribution in [0.5, 0.6) is 0 Å². The first-order chi connectivity index (χ1) is 17.1. The summed E-state index contributed by atoms with van der Waals surface area (Å²) < 4.78 is 42.5. The van der Waals surface area contributed by atoms with E-state index in [-0.39, 0.29) is 17.3 Å². The largest absolute Gasteiger partial charge is 0.302 e. The molecule has 1 aliphatic rings. The molecule has 7 nitrogen and oxygen atoms in total. The number of rotatable bonds is 9. The molecule has 1 amide bonds. The van der Waals surface area contributed by atoms with Crippen molar-refractivity contribution in [2.24, 2.45) is 0 Å². The van der Waals surface area contributed by atoms with Gasteiger partial charge in [0.05, 0.1) is 15.1 Å². The fraction of sp³-hybridized carbons (Fsp3) is 0.462. The molecule has 2 heterocycles. The number of anilines is 1. The number of nitrogens with zero attached hydrogens (tertiary/aromatic N) is 4. The highest BCUT2D eigenvalue weighted by Gasteiger charge is 2.42. The second kappa shape index (κ2) is 10.9. The van der Waals surface area contributed by atoms with E-state index in [0.717, 1.165) is 46.6 Å². The molecule has 1 unspecified atom stereocenters. The van der Waals surface area contributed by atoms with Gasteiger partial charge in [-0.2, -0.15) is 4.31 Å². The number of thiazole rings is 1. The molecular weight excluding hydrogens is 499 g/mol. The molecule has 0 radical (unpaired) electrons. The maximum Gasteiger partial charge on any atom is 0.247 e. The van der Waals surface area contributed by atoms with Crippen LogP contribution in [0.25, 0.3) is 10.2 Å². The first-order valence-corrected chi connectivity index (χ1v) is 14.6. The molecule has 36 heavy (non-hydrogen) atoms. The second-order valence-electron chi connectivity index (χ2n) is 9.17. The van der Waals surface area contributed by atoms with E-state index in [4.69, 9.17) is 4.98 Å². The number of aryl methyl sites for hydroxylation is 2. The Morgan fingerprint density at radius 3 is 2.50 bits per heavy atom. The molecule has 0 N–H and O–H groups in total. The quantitative estimate of drug-likeness (QED) is 0.403. The third-order valence-electron chi connectivity index (χ3n) is 6.75. The number of halogens is 1. The Bertz CT molecular complexity index is 1340. The lowest BCUT2D eigenvalue weighted by atomic mass is 10.1. The lowest BCUT2D eigenvalue weighted by Crippen LogP contribution is -2.49. The van der Waals surface area contributed by atoms with E-state index in [2.05, 4.69) is 24.8 Å². The first-order valence-electron chi connectivity index (χ1n) is 12.3. The third-order valence-corrected chi connectivity index (χ3v) is 9.90. The lowest BCUT2D eigenvalue weighted by molar-refractivity contribution is -0.121. The number of fused-ring (bicyclic) bond motifs is 1. The van der Waals surface area contributed by atoms with Crippen molar-refractivity contribution >= 4 is 42.6 Å². The standard InChI is InChI=1S/C26H33FN4O3S2/c1-5-29(6-2)14-15-30(26-28-22-17-18(3)16-19(4)24(22)35-26)25(32)23-8-7-13-31(23)36(33,34)21-11-9-20(27)10-12-21/h9-12,16-17,23H,5-8,13-15H2,1-4H3. The summed E-state index contributed by atoms with van der Waals surface area (Å²) in [5, 5.41) is 0.585. The Hall–Kier alpha value is -2.40. The van der Waals surface area contributed by atoms with E-state index < -0.39 is 21.9 Å². The van der Waals surface area contributed by atoms with Gasteiger partial charge in [0.15, 0.2) is 5.13 Å². The van der Waals surface area contributed by atoms with Crippen molar-refractivity contribution in [2.75, 3.05) is 37.6 Å². The Morgan fingerprint density at radius 2 is 1.83 bits per heavy atom. The zero-order valence-electron chi connectivity index (χ0n) is 21.2. The van der Waals surface area contributed by atoms with Crippen molar-refractivity contribution < 1.29 is 17.6 Å². The molecule has 2 aromatic carbocycles. The molecule has 0 spiro atoms. The predicted molar refractivity (Wildman–Crippen MR) is 143 cm³/mol. The SMILES string of the molecule is CCN(CC)CCN(C(=O)C1CCCN1S(=O)(=O)c1ccc(F)cc1)c1nc2cc(C)cc(C)c2s1. The average Bonchev–Trinajstić information content (AvgIpc) is 3.50. The van der Waals surface area contributed by atoms with Crippen LogP contribution in [0.4, 0.5) is 9.52 Å². The van der Waals surface area contributed by atoms with Crippen LogP contribution in [0.1, 0.15) is 37.8 Å². The maximum absolute atomic E-state index is 14.0. The molecule has 0 saturated carbocycles. The van der Waals surface area contributed by atoms with E-state index in [0.29, 0.717) is 31.1 Å². The van der Waals surface area contributed by atoms with Crippen LogP contribution in [0, 0.1) is 19.7 Å². The Balaban J connectivity index is 1.69. The number of hydrogen-bond acceptors (Lipinski definition) is 6. The number of aromatic nitrogens is 1. The van der Waals surface area contributed by atoms with Gasteiger partial charge in [0.25, 0.3) is 0 Å². The second-order valence-corrected chi connectivity index (χ2v) is 12.0.